The van der Waals surface area contributed by atoms with E-state index in [0.29, 0.717) is 12.0 Å². The van der Waals surface area contributed by atoms with Crippen LogP contribution < -0.4 is 5.32 Å². The highest BCUT2D eigenvalue weighted by atomic mass is 16.5. The highest BCUT2D eigenvalue weighted by Crippen LogP contribution is 2.33. The van der Waals surface area contributed by atoms with Crippen molar-refractivity contribution >= 4 is 0 Å². The Hall–Kier alpha value is -0.120. The van der Waals surface area contributed by atoms with E-state index in [4.69, 9.17) is 4.74 Å². The molecule has 3 atom stereocenters. The molecule has 2 N–H and O–H groups in total. The van der Waals surface area contributed by atoms with Crippen LogP contribution in [0.15, 0.2) is 0 Å². The monoisotopic (exact) mass is 213 g/mol. The minimum Gasteiger partial charge on any atom is -0.393 e. The van der Waals surface area contributed by atoms with Crippen molar-refractivity contribution in [1.29, 1.82) is 0 Å². The maximum Gasteiger partial charge on any atom is 0.0631 e. The Labute approximate surface area is 92.2 Å². The molecule has 2 aliphatic heterocycles. The molecule has 0 amide bonds. The first kappa shape index (κ1) is 11.4. The Morgan fingerprint density at radius 1 is 1.40 bits per heavy atom. The van der Waals surface area contributed by atoms with Gasteiger partial charge in [-0.05, 0) is 52.0 Å². The van der Waals surface area contributed by atoms with E-state index in [2.05, 4.69) is 19.2 Å². The first-order chi connectivity index (χ1) is 7.07. The molecule has 0 aromatic heterocycles. The van der Waals surface area contributed by atoms with E-state index in [1.54, 1.807) is 0 Å². The van der Waals surface area contributed by atoms with E-state index in [-0.39, 0.29) is 11.7 Å². The number of aliphatic hydroxyl groups is 1. The number of hydrogen-bond donors (Lipinski definition) is 2. The van der Waals surface area contributed by atoms with Gasteiger partial charge in [-0.2, -0.15) is 0 Å². The largest absolute Gasteiger partial charge is 0.393 e. The Morgan fingerprint density at radius 2 is 2.20 bits per heavy atom. The van der Waals surface area contributed by atoms with Crippen LogP contribution in [0.5, 0.6) is 0 Å². The maximum atomic E-state index is 9.86. The predicted octanol–water partition coefficient (Wildman–Crippen LogP) is 1.30. The van der Waals surface area contributed by atoms with Gasteiger partial charge in [0.25, 0.3) is 0 Å². The third-order valence-electron chi connectivity index (χ3n) is 3.69. The Morgan fingerprint density at radius 3 is 2.80 bits per heavy atom. The fraction of sp³-hybridized carbons (Fsp3) is 1.00. The molecule has 3 heteroatoms. The van der Waals surface area contributed by atoms with E-state index in [9.17, 15) is 5.11 Å². The second-order valence-electron chi connectivity index (χ2n) is 5.59. The van der Waals surface area contributed by atoms with Gasteiger partial charge >= 0.3 is 0 Å². The summed E-state index contributed by atoms with van der Waals surface area (Å²) in [6.45, 7) is 6.21. The van der Waals surface area contributed by atoms with Crippen LogP contribution in [0.25, 0.3) is 0 Å². The van der Waals surface area contributed by atoms with Crippen molar-refractivity contribution in [3.8, 4) is 0 Å². The summed E-state index contributed by atoms with van der Waals surface area (Å²) >= 11 is 0. The quantitative estimate of drug-likeness (QED) is 0.726. The zero-order chi connectivity index (χ0) is 10.9. The molecule has 0 aliphatic carbocycles. The number of aliphatic hydroxyl groups excluding tert-OH is 1. The van der Waals surface area contributed by atoms with Gasteiger partial charge in [0.2, 0.25) is 0 Å². The lowest BCUT2D eigenvalue weighted by atomic mass is 9.90. The van der Waals surface area contributed by atoms with Gasteiger partial charge in [0.1, 0.15) is 0 Å². The minimum absolute atomic E-state index is 0.0533. The summed E-state index contributed by atoms with van der Waals surface area (Å²) in [5, 5.41) is 13.2. The first-order valence-electron chi connectivity index (χ1n) is 6.13. The van der Waals surface area contributed by atoms with Gasteiger partial charge < -0.3 is 15.2 Å². The number of nitrogens with one attached hydrogen (secondary N) is 1. The van der Waals surface area contributed by atoms with E-state index in [1.165, 1.54) is 0 Å². The van der Waals surface area contributed by atoms with Crippen molar-refractivity contribution in [3.05, 3.63) is 0 Å². The molecular formula is C12H23NO2. The van der Waals surface area contributed by atoms with Gasteiger partial charge in [-0.3, -0.25) is 0 Å². The van der Waals surface area contributed by atoms with Crippen molar-refractivity contribution in [2.45, 2.75) is 57.3 Å². The van der Waals surface area contributed by atoms with Crippen LogP contribution >= 0.6 is 0 Å². The molecule has 3 nitrogen and oxygen atoms in total. The third-order valence-corrected chi connectivity index (χ3v) is 3.69. The van der Waals surface area contributed by atoms with E-state index >= 15 is 0 Å². The molecule has 3 unspecified atom stereocenters. The molecule has 2 saturated heterocycles. The van der Waals surface area contributed by atoms with Gasteiger partial charge in [-0.25, -0.2) is 0 Å². The molecule has 0 saturated carbocycles. The van der Waals surface area contributed by atoms with Crippen LogP contribution in [-0.4, -0.2) is 36.0 Å². The topological polar surface area (TPSA) is 41.5 Å². The lowest BCUT2D eigenvalue weighted by Gasteiger charge is -2.30. The molecule has 0 bridgehead atoms. The molecule has 2 aliphatic rings. The highest BCUT2D eigenvalue weighted by molar-refractivity contribution is 4.86. The van der Waals surface area contributed by atoms with Crippen LogP contribution in [-0.2, 0) is 4.74 Å². The molecule has 0 radical (unpaired) electrons. The lowest BCUT2D eigenvalue weighted by molar-refractivity contribution is -0.0382. The average Bonchev–Trinajstić information content (AvgIpc) is 2.50. The Kier molecular flexibility index (Phi) is 3.33. The van der Waals surface area contributed by atoms with Crippen LogP contribution in [0.1, 0.15) is 39.5 Å². The normalized spacial score (nSPS) is 40.6. The molecule has 0 spiro atoms. The van der Waals surface area contributed by atoms with Gasteiger partial charge in [-0.15, -0.1) is 0 Å². The average molecular weight is 213 g/mol. The van der Waals surface area contributed by atoms with Gasteiger partial charge in [0.15, 0.2) is 0 Å². The lowest BCUT2D eigenvalue weighted by Crippen LogP contribution is -2.41. The first-order valence-corrected chi connectivity index (χ1v) is 6.13. The van der Waals surface area contributed by atoms with Gasteiger partial charge in [0, 0.05) is 6.54 Å². The molecule has 2 rings (SSSR count). The third kappa shape index (κ3) is 2.92. The molecular weight excluding hydrogens is 190 g/mol. The standard InChI is InChI=1S/C12H23NO2/c1-12(2)5-3-10(15-12)7-9-8-13-6-4-11(9)14/h9-11,13-14H,3-8H2,1-2H3. The number of hydrogen-bond acceptors (Lipinski definition) is 3. The van der Waals surface area contributed by atoms with Gasteiger partial charge in [0.05, 0.1) is 17.8 Å². The number of ether oxygens (including phenoxy) is 1. The molecule has 0 aromatic carbocycles. The smallest absolute Gasteiger partial charge is 0.0631 e. The molecule has 2 fully saturated rings. The zero-order valence-electron chi connectivity index (χ0n) is 9.83. The van der Waals surface area contributed by atoms with Crippen molar-refractivity contribution in [2.75, 3.05) is 13.1 Å². The molecule has 0 aromatic rings. The zero-order valence-corrected chi connectivity index (χ0v) is 9.83. The molecule has 15 heavy (non-hydrogen) atoms. The van der Waals surface area contributed by atoms with Crippen molar-refractivity contribution in [2.24, 2.45) is 5.92 Å². The molecule has 88 valence electrons. The second-order valence-corrected chi connectivity index (χ2v) is 5.59. The molecule has 2 heterocycles. The summed E-state index contributed by atoms with van der Waals surface area (Å²) in [5.74, 6) is 0.387. The van der Waals surface area contributed by atoms with Gasteiger partial charge in [-0.1, -0.05) is 0 Å². The fourth-order valence-electron chi connectivity index (χ4n) is 2.73. The van der Waals surface area contributed by atoms with E-state index in [1.807, 2.05) is 0 Å². The fourth-order valence-corrected chi connectivity index (χ4v) is 2.73. The second kappa shape index (κ2) is 4.40. The summed E-state index contributed by atoms with van der Waals surface area (Å²) in [6.07, 6.45) is 4.43. The number of rotatable bonds is 2. The Bertz CT molecular complexity index is 218. The van der Waals surface area contributed by atoms with Crippen LogP contribution in [0.3, 0.4) is 0 Å². The minimum atomic E-state index is -0.126. The van der Waals surface area contributed by atoms with Crippen molar-refractivity contribution in [3.63, 3.8) is 0 Å². The summed E-state index contributed by atoms with van der Waals surface area (Å²) in [4.78, 5) is 0. The van der Waals surface area contributed by atoms with E-state index < -0.39 is 0 Å². The summed E-state index contributed by atoms with van der Waals surface area (Å²) < 4.78 is 5.96. The summed E-state index contributed by atoms with van der Waals surface area (Å²) in [5.41, 5.74) is 0.0533. The van der Waals surface area contributed by atoms with Crippen LogP contribution in [0.2, 0.25) is 0 Å². The van der Waals surface area contributed by atoms with Crippen molar-refractivity contribution < 1.29 is 9.84 Å². The Balaban J connectivity index is 1.81. The van der Waals surface area contributed by atoms with Crippen LogP contribution in [0, 0.1) is 5.92 Å². The summed E-state index contributed by atoms with van der Waals surface area (Å²) in [6, 6.07) is 0. The van der Waals surface area contributed by atoms with Crippen LogP contribution in [0.4, 0.5) is 0 Å². The predicted molar refractivity (Wildman–Crippen MR) is 59.8 cm³/mol. The highest BCUT2D eigenvalue weighted by Gasteiger charge is 2.34. The summed E-state index contributed by atoms with van der Waals surface area (Å²) in [7, 11) is 0. The SMILES string of the molecule is CC1(C)CCC(CC2CNCCC2O)O1. The van der Waals surface area contributed by atoms with E-state index in [0.717, 1.165) is 38.8 Å². The van der Waals surface area contributed by atoms with Crippen molar-refractivity contribution in [1.82, 2.24) is 5.32 Å². The number of piperidine rings is 1. The maximum absolute atomic E-state index is 9.86.